The molecule has 10 heavy (non-hydrogen) atoms. The molecular weight excluding hydrogens is 329 g/mol. The van der Waals surface area contributed by atoms with Gasteiger partial charge in [0.2, 0.25) is 0 Å². The first-order valence-electron chi connectivity index (χ1n) is 2.02. The molecule has 0 amide bonds. The molecule has 0 saturated carbocycles. The van der Waals surface area contributed by atoms with E-state index in [1.165, 1.54) is 5.14 Å². The first-order valence-corrected chi connectivity index (χ1v) is 12.3. The topological polar surface area (TPSA) is 0 Å². The van der Waals surface area contributed by atoms with E-state index in [0.717, 1.165) is 0 Å². The SMILES string of the molecule is [B]P[C-](P(P)P)P(P)P.[Y]. The van der Waals surface area contributed by atoms with Gasteiger partial charge in [0, 0.05) is 32.7 Å². The normalized spacial score (nSPS) is 11.9. The molecule has 9 heteroatoms. The molecule has 0 spiro atoms. The van der Waals surface area contributed by atoms with Gasteiger partial charge in [-0.3, -0.25) is 0 Å². The molecule has 0 aromatic heterocycles. The quantitative estimate of drug-likeness (QED) is 0.421. The molecule has 0 bridgehead atoms. The van der Waals surface area contributed by atoms with E-state index in [0.29, 0.717) is 8.46 Å². The number of hydrogen-bond donors (Lipinski definition) is 0. The molecule has 0 saturated heterocycles. The van der Waals surface area contributed by atoms with Gasteiger partial charge in [0.1, 0.15) is 0 Å². The Balaban J connectivity index is 0. The Morgan fingerprint density at radius 3 is 1.40 bits per heavy atom. The maximum Gasteiger partial charge on any atom is 0.0655 e. The van der Waals surface area contributed by atoms with Crippen molar-refractivity contribution in [3.8, 4) is 0 Å². The van der Waals surface area contributed by atoms with Crippen molar-refractivity contribution < 1.29 is 32.7 Å². The van der Waals surface area contributed by atoms with E-state index < -0.39 is 0 Å². The van der Waals surface area contributed by atoms with E-state index in [1.54, 1.807) is 0 Å². The van der Waals surface area contributed by atoms with Crippen molar-refractivity contribution in [3.63, 3.8) is 0 Å². The summed E-state index contributed by atoms with van der Waals surface area (Å²) in [6, 6.07) is 0. The Kier molecular flexibility index (Phi) is 16.1. The standard InChI is InChI=1S/CH9BP7.Y/c2-7-1(8(3)4)9(5)6;/h7H,3-6H2;/q-1;. The van der Waals surface area contributed by atoms with Crippen LogP contribution in [0.3, 0.4) is 0 Å². The third-order valence-electron chi connectivity index (χ3n) is 0.618. The van der Waals surface area contributed by atoms with Gasteiger partial charge in [0.05, 0.1) is 7.57 Å². The van der Waals surface area contributed by atoms with Crippen LogP contribution < -0.4 is 0 Å². The second kappa shape index (κ2) is 9.72. The fourth-order valence-corrected chi connectivity index (χ4v) is 14.8. The summed E-state index contributed by atoms with van der Waals surface area (Å²) in [6.07, 6.45) is 0. The number of hydrogen-bond acceptors (Lipinski definition) is 0. The molecule has 5 unspecified atom stereocenters. The van der Waals surface area contributed by atoms with Crippen LogP contribution in [0, 0.1) is 5.14 Å². The Morgan fingerprint density at radius 1 is 1.10 bits per heavy atom. The minimum absolute atomic E-state index is 0. The van der Waals surface area contributed by atoms with Crippen molar-refractivity contribution in [2.45, 2.75) is 0 Å². The summed E-state index contributed by atoms with van der Waals surface area (Å²) in [5, 5.41) is 1.48. The van der Waals surface area contributed by atoms with E-state index >= 15 is 0 Å². The molecule has 0 aliphatic rings. The van der Waals surface area contributed by atoms with Crippen molar-refractivity contribution in [3.05, 3.63) is 5.14 Å². The maximum atomic E-state index is 5.54. The molecule has 0 aliphatic carbocycles. The zero-order valence-electron chi connectivity index (χ0n) is 5.36. The Bertz CT molecular complexity index is 68.0. The molecule has 0 heterocycles. The molecular formula is CH9BP7Y-. The van der Waals surface area contributed by atoms with Crippen molar-refractivity contribution in [1.82, 2.24) is 0 Å². The van der Waals surface area contributed by atoms with Crippen LogP contribution in [0.1, 0.15) is 0 Å². The van der Waals surface area contributed by atoms with Crippen LogP contribution in [0.25, 0.3) is 0 Å². The van der Waals surface area contributed by atoms with Crippen LogP contribution in [0.4, 0.5) is 0 Å². The maximum absolute atomic E-state index is 5.54. The number of rotatable bonds is 3. The van der Waals surface area contributed by atoms with E-state index in [4.69, 9.17) is 7.57 Å². The van der Waals surface area contributed by atoms with Gasteiger partial charge in [0.15, 0.2) is 0 Å². The fraction of sp³-hybridized carbons (Fsp3) is 0. The van der Waals surface area contributed by atoms with Gasteiger partial charge in [-0.2, -0.15) is 0 Å². The molecule has 0 rings (SSSR count). The summed E-state index contributed by atoms with van der Waals surface area (Å²) in [6.45, 7) is 0. The zero-order chi connectivity index (χ0) is 7.44. The van der Waals surface area contributed by atoms with Crippen LogP contribution >= 0.6 is 58.8 Å². The molecule has 0 fully saturated rings. The average Bonchev–Trinajstić information content (AvgIpc) is 1.64. The molecule has 0 nitrogen and oxygen atoms in total. The molecule has 0 N–H and O–H groups in total. The summed E-state index contributed by atoms with van der Waals surface area (Å²) >= 11 is 0. The Hall–Kier alpha value is 4.18. The van der Waals surface area contributed by atoms with Crippen LogP contribution in [0.2, 0.25) is 0 Å². The Labute approximate surface area is 103 Å². The van der Waals surface area contributed by atoms with E-state index in [2.05, 4.69) is 35.7 Å². The monoisotopic (exact) mass is 338 g/mol. The smallest absolute Gasteiger partial charge is 0.0655 e. The van der Waals surface area contributed by atoms with Crippen LogP contribution in [-0.2, 0) is 32.7 Å². The molecule has 3 radical (unpaired) electrons. The molecule has 0 aromatic rings. The fourth-order valence-electron chi connectivity index (χ4n) is 0.282. The minimum Gasteiger partial charge on any atom is -0.317 e. The van der Waals surface area contributed by atoms with Crippen molar-refractivity contribution >= 4 is 66.3 Å². The minimum atomic E-state index is -0.0790. The van der Waals surface area contributed by atoms with E-state index in [-0.39, 0.29) is 47.3 Å². The van der Waals surface area contributed by atoms with E-state index in [9.17, 15) is 0 Å². The first-order chi connectivity index (χ1) is 4.09. The third kappa shape index (κ3) is 7.57. The summed E-state index contributed by atoms with van der Waals surface area (Å²) < 4.78 is 0. The van der Waals surface area contributed by atoms with Crippen molar-refractivity contribution in [2.75, 3.05) is 0 Å². The van der Waals surface area contributed by atoms with Gasteiger partial charge in [-0.15, -0.1) is 35.7 Å². The van der Waals surface area contributed by atoms with Gasteiger partial charge < -0.3 is 8.46 Å². The van der Waals surface area contributed by atoms with Gasteiger partial charge in [-0.1, -0.05) is 0 Å². The van der Waals surface area contributed by atoms with Crippen molar-refractivity contribution in [2.24, 2.45) is 0 Å². The summed E-state index contributed by atoms with van der Waals surface area (Å²) in [5.74, 6) is 0. The molecule has 55 valence electrons. The van der Waals surface area contributed by atoms with Crippen molar-refractivity contribution in [1.29, 1.82) is 0 Å². The largest absolute Gasteiger partial charge is 0.317 e. The summed E-state index contributed by atoms with van der Waals surface area (Å²) in [7, 11) is 17.1. The van der Waals surface area contributed by atoms with Crippen LogP contribution in [0.5, 0.6) is 0 Å². The predicted octanol–water partition coefficient (Wildman–Crippen LogP) is 3.32. The zero-order valence-corrected chi connectivity index (χ0v) is 15.6. The second-order valence-corrected chi connectivity index (χ2v) is 16.0. The van der Waals surface area contributed by atoms with Gasteiger partial charge in [-0.25, -0.2) is 19.7 Å². The summed E-state index contributed by atoms with van der Waals surface area (Å²) in [5.41, 5.74) is 0. The van der Waals surface area contributed by atoms with Gasteiger partial charge in [0.25, 0.3) is 0 Å². The predicted molar refractivity (Wildman–Crippen MR) is 70.0 cm³/mol. The first kappa shape index (κ1) is 16.6. The molecule has 5 atom stereocenters. The van der Waals surface area contributed by atoms with Crippen LogP contribution in [0.15, 0.2) is 0 Å². The molecule has 0 aromatic carbocycles. The van der Waals surface area contributed by atoms with Gasteiger partial charge >= 0.3 is 0 Å². The average molecular weight is 338 g/mol. The van der Waals surface area contributed by atoms with E-state index in [1.807, 2.05) is 0 Å². The second-order valence-electron chi connectivity index (χ2n) is 1.28. The third-order valence-corrected chi connectivity index (χ3v) is 14.4. The summed E-state index contributed by atoms with van der Waals surface area (Å²) in [4.78, 5) is 0. The van der Waals surface area contributed by atoms with Crippen LogP contribution in [-0.4, -0.2) is 7.57 Å². The van der Waals surface area contributed by atoms with Gasteiger partial charge in [-0.05, 0) is 0 Å². The molecule has 0 aliphatic heterocycles. The Morgan fingerprint density at radius 2 is 1.40 bits per heavy atom.